The molecule has 0 aromatic heterocycles. The van der Waals surface area contributed by atoms with Gasteiger partial charge in [0.2, 0.25) is 0 Å². The molecule has 15 heavy (non-hydrogen) atoms. The molecule has 1 aromatic carbocycles. The zero-order valence-electron chi connectivity index (χ0n) is 7.67. The molecular weight excluding hydrogens is 321 g/mol. The fraction of sp³-hybridized carbons (Fsp3) is 0.222. The summed E-state index contributed by atoms with van der Waals surface area (Å²) in [5.74, 6) is -0.888. The number of hydrogen-bond acceptors (Lipinski definition) is 3. The van der Waals surface area contributed by atoms with E-state index in [1.807, 2.05) is 22.6 Å². The van der Waals surface area contributed by atoms with E-state index < -0.39 is 12.6 Å². The minimum Gasteiger partial charge on any atom is -0.465 e. The third kappa shape index (κ3) is 3.29. The second-order valence-electron chi connectivity index (χ2n) is 2.51. The van der Waals surface area contributed by atoms with E-state index in [2.05, 4.69) is 9.47 Å². The van der Waals surface area contributed by atoms with Gasteiger partial charge in [-0.2, -0.15) is 8.78 Å². The van der Waals surface area contributed by atoms with Crippen molar-refractivity contribution in [2.75, 3.05) is 7.11 Å². The van der Waals surface area contributed by atoms with Crippen molar-refractivity contribution in [3.8, 4) is 5.75 Å². The number of methoxy groups -OCH3 is 1. The molecule has 0 aliphatic carbocycles. The van der Waals surface area contributed by atoms with Crippen LogP contribution in [0.3, 0.4) is 0 Å². The average Bonchev–Trinajstić information content (AvgIpc) is 2.19. The minimum absolute atomic E-state index is 0.00954. The summed E-state index contributed by atoms with van der Waals surface area (Å²) in [7, 11) is 1.17. The van der Waals surface area contributed by atoms with Crippen molar-refractivity contribution >= 4 is 28.6 Å². The molecular formula is C9H7F2IO3. The highest BCUT2D eigenvalue weighted by molar-refractivity contribution is 14.1. The second-order valence-corrected chi connectivity index (χ2v) is 3.76. The van der Waals surface area contributed by atoms with Crippen molar-refractivity contribution < 1.29 is 23.0 Å². The first kappa shape index (κ1) is 12.2. The summed E-state index contributed by atoms with van der Waals surface area (Å²) >= 11 is 1.95. The molecule has 82 valence electrons. The van der Waals surface area contributed by atoms with Crippen LogP contribution < -0.4 is 4.74 Å². The lowest BCUT2D eigenvalue weighted by Crippen LogP contribution is -2.09. The summed E-state index contributed by atoms with van der Waals surface area (Å²) in [4.78, 5) is 11.2. The lowest BCUT2D eigenvalue weighted by molar-refractivity contribution is -0.0504. The Labute approximate surface area is 98.5 Å². The first-order chi connectivity index (χ1) is 7.04. The van der Waals surface area contributed by atoms with Crippen LogP contribution in [0.15, 0.2) is 18.2 Å². The molecule has 0 fully saturated rings. The van der Waals surface area contributed by atoms with Crippen LogP contribution in [0.1, 0.15) is 10.4 Å². The van der Waals surface area contributed by atoms with E-state index in [1.54, 1.807) is 6.07 Å². The lowest BCUT2D eigenvalue weighted by atomic mass is 10.2. The molecule has 0 spiro atoms. The summed E-state index contributed by atoms with van der Waals surface area (Å²) in [6, 6.07) is 4.29. The standard InChI is InChI=1S/C9H7F2IO3/c1-14-8(13)6-4-5(12)2-3-7(6)15-9(10)11/h2-4,9H,1H3. The van der Waals surface area contributed by atoms with Gasteiger partial charge in [0.05, 0.1) is 7.11 Å². The van der Waals surface area contributed by atoms with Gasteiger partial charge in [-0.1, -0.05) is 0 Å². The maximum atomic E-state index is 12.0. The van der Waals surface area contributed by atoms with Crippen molar-refractivity contribution in [3.63, 3.8) is 0 Å². The number of hydrogen-bond donors (Lipinski definition) is 0. The summed E-state index contributed by atoms with van der Waals surface area (Å²) in [5, 5.41) is 0. The molecule has 1 aromatic rings. The van der Waals surface area contributed by atoms with E-state index in [9.17, 15) is 13.6 Å². The molecule has 3 nitrogen and oxygen atoms in total. The number of esters is 1. The first-order valence-electron chi connectivity index (χ1n) is 3.87. The highest BCUT2D eigenvalue weighted by Gasteiger charge is 2.16. The van der Waals surface area contributed by atoms with Crippen LogP contribution in [0.25, 0.3) is 0 Å². The zero-order valence-corrected chi connectivity index (χ0v) is 9.83. The predicted molar refractivity (Wildman–Crippen MR) is 57.1 cm³/mol. The van der Waals surface area contributed by atoms with Gasteiger partial charge in [0, 0.05) is 3.57 Å². The largest absolute Gasteiger partial charge is 0.465 e. The minimum atomic E-state index is -2.96. The molecule has 0 amide bonds. The van der Waals surface area contributed by atoms with Crippen molar-refractivity contribution in [3.05, 3.63) is 27.3 Å². The molecule has 0 heterocycles. The summed E-state index contributed by atoms with van der Waals surface area (Å²) in [6.07, 6.45) is 0. The Kier molecular flexibility index (Phi) is 4.25. The quantitative estimate of drug-likeness (QED) is 0.632. The molecule has 6 heteroatoms. The van der Waals surface area contributed by atoms with E-state index in [0.29, 0.717) is 0 Å². The molecule has 0 aliphatic heterocycles. The summed E-state index contributed by atoms with van der Waals surface area (Å²) in [5.41, 5.74) is -0.00954. The Bertz CT molecular complexity index is 368. The maximum absolute atomic E-state index is 12.0. The molecule has 1 rings (SSSR count). The highest BCUT2D eigenvalue weighted by Crippen LogP contribution is 2.23. The number of rotatable bonds is 3. The molecule has 0 unspecified atom stereocenters. The van der Waals surface area contributed by atoms with Crippen molar-refractivity contribution in [1.82, 2.24) is 0 Å². The highest BCUT2D eigenvalue weighted by atomic mass is 127. The number of halogens is 3. The Morgan fingerprint density at radius 1 is 1.47 bits per heavy atom. The maximum Gasteiger partial charge on any atom is 0.387 e. The number of carbonyl (C=O) groups excluding carboxylic acids is 1. The monoisotopic (exact) mass is 328 g/mol. The normalized spacial score (nSPS) is 10.2. The number of carbonyl (C=O) groups is 1. The van der Waals surface area contributed by atoms with E-state index in [4.69, 9.17) is 0 Å². The Morgan fingerprint density at radius 2 is 2.13 bits per heavy atom. The lowest BCUT2D eigenvalue weighted by Gasteiger charge is -2.09. The Morgan fingerprint density at radius 3 is 2.67 bits per heavy atom. The number of benzene rings is 1. The van der Waals surface area contributed by atoms with Gasteiger partial charge < -0.3 is 9.47 Å². The molecule has 0 radical (unpaired) electrons. The fourth-order valence-corrected chi connectivity index (χ4v) is 1.46. The van der Waals surface area contributed by atoms with E-state index in [0.717, 1.165) is 3.57 Å². The molecule has 0 atom stereocenters. The van der Waals surface area contributed by atoms with Crippen LogP contribution in [-0.4, -0.2) is 19.7 Å². The van der Waals surface area contributed by atoms with Crippen molar-refractivity contribution in [2.45, 2.75) is 6.61 Å². The fourth-order valence-electron chi connectivity index (χ4n) is 0.970. The average molecular weight is 328 g/mol. The van der Waals surface area contributed by atoms with E-state index in [1.165, 1.54) is 19.2 Å². The smallest absolute Gasteiger partial charge is 0.387 e. The van der Waals surface area contributed by atoms with Gasteiger partial charge in [-0.3, -0.25) is 0 Å². The van der Waals surface area contributed by atoms with Gasteiger partial charge in [-0.25, -0.2) is 4.79 Å². The van der Waals surface area contributed by atoms with E-state index in [-0.39, 0.29) is 11.3 Å². The third-order valence-electron chi connectivity index (χ3n) is 1.56. The number of ether oxygens (including phenoxy) is 2. The molecule has 0 N–H and O–H groups in total. The first-order valence-corrected chi connectivity index (χ1v) is 4.95. The van der Waals surface area contributed by atoms with Crippen molar-refractivity contribution in [1.29, 1.82) is 0 Å². The predicted octanol–water partition coefficient (Wildman–Crippen LogP) is 2.68. The second kappa shape index (κ2) is 5.24. The van der Waals surface area contributed by atoms with Crippen molar-refractivity contribution in [2.24, 2.45) is 0 Å². The van der Waals surface area contributed by atoms with Gasteiger partial charge in [0.1, 0.15) is 11.3 Å². The van der Waals surface area contributed by atoms with Gasteiger partial charge in [0.15, 0.2) is 0 Å². The molecule has 0 saturated carbocycles. The topological polar surface area (TPSA) is 35.5 Å². The van der Waals surface area contributed by atoms with Gasteiger partial charge in [0.25, 0.3) is 0 Å². The van der Waals surface area contributed by atoms with Crippen LogP contribution >= 0.6 is 22.6 Å². The SMILES string of the molecule is COC(=O)c1cc(I)ccc1OC(F)F. The van der Waals surface area contributed by atoms with Gasteiger partial charge >= 0.3 is 12.6 Å². The third-order valence-corrected chi connectivity index (χ3v) is 2.23. The van der Waals surface area contributed by atoms with Gasteiger partial charge in [-0.15, -0.1) is 0 Å². The van der Waals surface area contributed by atoms with Crippen LogP contribution in [0.2, 0.25) is 0 Å². The molecule has 0 saturated heterocycles. The molecule has 0 bridgehead atoms. The van der Waals surface area contributed by atoms with Crippen LogP contribution in [0.4, 0.5) is 8.78 Å². The van der Waals surface area contributed by atoms with Crippen LogP contribution in [-0.2, 0) is 4.74 Å². The van der Waals surface area contributed by atoms with Gasteiger partial charge in [-0.05, 0) is 40.8 Å². The Hall–Kier alpha value is -0.920. The molecule has 0 aliphatic rings. The summed E-state index contributed by atoms with van der Waals surface area (Å²) < 4.78 is 33.3. The van der Waals surface area contributed by atoms with Crippen LogP contribution in [0.5, 0.6) is 5.75 Å². The van der Waals surface area contributed by atoms with Crippen LogP contribution in [0, 0.1) is 3.57 Å². The Balaban J connectivity index is 3.08. The zero-order chi connectivity index (χ0) is 11.4. The van der Waals surface area contributed by atoms with E-state index >= 15 is 0 Å². The number of alkyl halides is 2. The summed E-state index contributed by atoms with van der Waals surface area (Å²) in [6.45, 7) is -2.96.